The van der Waals surface area contributed by atoms with Gasteiger partial charge in [0.2, 0.25) is 5.91 Å². The SMILES string of the molecule is COC(CN)CC(=O)N1CCn2c(nnc2-c2ccccc2)C1.Cl.Cl. The molecule has 0 saturated heterocycles. The molecule has 0 fully saturated rings. The van der Waals surface area contributed by atoms with Crippen molar-refractivity contribution in [3.63, 3.8) is 0 Å². The van der Waals surface area contributed by atoms with E-state index in [2.05, 4.69) is 14.8 Å². The lowest BCUT2D eigenvalue weighted by Gasteiger charge is -2.29. The summed E-state index contributed by atoms with van der Waals surface area (Å²) in [5, 5.41) is 8.53. The second-order valence-electron chi connectivity index (χ2n) is 5.57. The summed E-state index contributed by atoms with van der Waals surface area (Å²) < 4.78 is 7.27. The molecule has 3 rings (SSSR count). The summed E-state index contributed by atoms with van der Waals surface area (Å²) in [5.74, 6) is 1.70. The highest BCUT2D eigenvalue weighted by Crippen LogP contribution is 2.21. The number of rotatable bonds is 5. The highest BCUT2D eigenvalue weighted by molar-refractivity contribution is 5.85. The Morgan fingerprint density at radius 1 is 1.24 bits per heavy atom. The second kappa shape index (κ2) is 9.72. The number of hydrogen-bond donors (Lipinski definition) is 1. The molecule has 1 unspecified atom stereocenters. The van der Waals surface area contributed by atoms with Crippen LogP contribution in [0, 0.1) is 0 Å². The van der Waals surface area contributed by atoms with Crippen LogP contribution >= 0.6 is 24.8 Å². The van der Waals surface area contributed by atoms with Crippen LogP contribution in [0.5, 0.6) is 0 Å². The largest absolute Gasteiger partial charge is 0.380 e. The molecule has 0 spiro atoms. The van der Waals surface area contributed by atoms with E-state index in [4.69, 9.17) is 10.5 Å². The van der Waals surface area contributed by atoms with Crippen LogP contribution in [0.25, 0.3) is 11.4 Å². The fourth-order valence-electron chi connectivity index (χ4n) is 2.76. The van der Waals surface area contributed by atoms with Crippen molar-refractivity contribution >= 4 is 30.7 Å². The highest BCUT2D eigenvalue weighted by Gasteiger charge is 2.26. The van der Waals surface area contributed by atoms with Crippen LogP contribution in [-0.2, 0) is 22.6 Å². The zero-order valence-electron chi connectivity index (χ0n) is 14.0. The third-order valence-corrected chi connectivity index (χ3v) is 4.14. The zero-order valence-corrected chi connectivity index (χ0v) is 15.6. The van der Waals surface area contributed by atoms with Gasteiger partial charge in [-0.1, -0.05) is 30.3 Å². The van der Waals surface area contributed by atoms with E-state index in [-0.39, 0.29) is 36.8 Å². The van der Waals surface area contributed by atoms with E-state index in [1.54, 1.807) is 12.0 Å². The lowest BCUT2D eigenvalue weighted by molar-refractivity contribution is -0.135. The molecule has 9 heteroatoms. The highest BCUT2D eigenvalue weighted by atomic mass is 35.5. The van der Waals surface area contributed by atoms with Gasteiger partial charge in [-0.15, -0.1) is 35.0 Å². The van der Waals surface area contributed by atoms with Crippen LogP contribution in [0.2, 0.25) is 0 Å². The van der Waals surface area contributed by atoms with Gasteiger partial charge in [-0.3, -0.25) is 4.79 Å². The van der Waals surface area contributed by atoms with Gasteiger partial charge in [0.15, 0.2) is 11.6 Å². The Labute approximate surface area is 159 Å². The van der Waals surface area contributed by atoms with Gasteiger partial charge in [0.1, 0.15) is 0 Å². The minimum Gasteiger partial charge on any atom is -0.380 e. The third kappa shape index (κ3) is 4.70. The summed E-state index contributed by atoms with van der Waals surface area (Å²) >= 11 is 0. The van der Waals surface area contributed by atoms with E-state index in [9.17, 15) is 4.79 Å². The molecule has 1 amide bonds. The smallest absolute Gasteiger partial charge is 0.225 e. The first-order chi connectivity index (χ1) is 11.2. The predicted molar refractivity (Wildman–Crippen MR) is 99.8 cm³/mol. The Bertz CT molecular complexity index is 676. The quantitative estimate of drug-likeness (QED) is 0.839. The third-order valence-electron chi connectivity index (χ3n) is 4.14. The average molecular weight is 388 g/mol. The molecule has 0 bridgehead atoms. The van der Waals surface area contributed by atoms with Gasteiger partial charge in [-0.05, 0) is 0 Å². The molecular formula is C16H23Cl2N5O2. The Morgan fingerprint density at radius 3 is 2.60 bits per heavy atom. The number of hydrogen-bond acceptors (Lipinski definition) is 5. The van der Waals surface area contributed by atoms with Crippen LogP contribution in [0.15, 0.2) is 30.3 Å². The van der Waals surface area contributed by atoms with E-state index in [1.807, 2.05) is 30.3 Å². The number of nitrogens with zero attached hydrogens (tertiary/aromatic N) is 4. The first-order valence-corrected chi connectivity index (χ1v) is 7.71. The number of nitrogens with two attached hydrogens (primary N) is 1. The number of amides is 1. The van der Waals surface area contributed by atoms with Gasteiger partial charge < -0.3 is 19.9 Å². The molecule has 1 atom stereocenters. The van der Waals surface area contributed by atoms with Crippen LogP contribution in [0.1, 0.15) is 12.2 Å². The van der Waals surface area contributed by atoms with E-state index >= 15 is 0 Å². The summed E-state index contributed by atoms with van der Waals surface area (Å²) in [6, 6.07) is 9.96. The minimum atomic E-state index is -0.234. The van der Waals surface area contributed by atoms with E-state index in [0.29, 0.717) is 32.6 Å². The molecule has 1 aliphatic heterocycles. The van der Waals surface area contributed by atoms with Crippen LogP contribution in [-0.4, -0.2) is 51.9 Å². The van der Waals surface area contributed by atoms with Gasteiger partial charge in [-0.2, -0.15) is 0 Å². The maximum absolute atomic E-state index is 12.3. The Hall–Kier alpha value is -1.67. The Kier molecular flexibility index (Phi) is 8.31. The number of aromatic nitrogens is 3. The Balaban J connectivity index is 0.00000156. The minimum absolute atomic E-state index is 0. The molecule has 1 aromatic carbocycles. The number of ether oxygens (including phenoxy) is 1. The van der Waals surface area contributed by atoms with Gasteiger partial charge >= 0.3 is 0 Å². The number of benzene rings is 1. The summed E-state index contributed by atoms with van der Waals surface area (Å²) in [7, 11) is 1.57. The van der Waals surface area contributed by atoms with E-state index < -0.39 is 0 Å². The molecule has 2 heterocycles. The van der Waals surface area contributed by atoms with Crippen molar-refractivity contribution in [1.29, 1.82) is 0 Å². The standard InChI is InChI=1S/C16H21N5O2.2ClH/c1-23-13(10-17)9-15(22)20-7-8-21-14(11-20)18-19-16(21)12-5-3-2-4-6-12;;/h2-6,13H,7-11,17H2,1H3;2*1H. The summed E-state index contributed by atoms with van der Waals surface area (Å²) in [6.07, 6.45) is 0.0642. The molecule has 2 N–H and O–H groups in total. The molecule has 25 heavy (non-hydrogen) atoms. The molecule has 138 valence electrons. The van der Waals surface area contributed by atoms with Crippen molar-refractivity contribution in [2.75, 3.05) is 20.2 Å². The molecule has 7 nitrogen and oxygen atoms in total. The van der Waals surface area contributed by atoms with Crippen molar-refractivity contribution in [3.05, 3.63) is 36.2 Å². The van der Waals surface area contributed by atoms with Crippen molar-refractivity contribution in [2.24, 2.45) is 5.73 Å². The van der Waals surface area contributed by atoms with Gasteiger partial charge in [0.25, 0.3) is 0 Å². The maximum atomic E-state index is 12.3. The fraction of sp³-hybridized carbons (Fsp3) is 0.438. The van der Waals surface area contributed by atoms with Crippen molar-refractivity contribution in [1.82, 2.24) is 19.7 Å². The maximum Gasteiger partial charge on any atom is 0.225 e. The first kappa shape index (κ1) is 21.4. The monoisotopic (exact) mass is 387 g/mol. The lowest BCUT2D eigenvalue weighted by atomic mass is 10.2. The number of carbonyl (C=O) groups is 1. The number of carbonyl (C=O) groups excluding carboxylic acids is 1. The summed E-state index contributed by atoms with van der Waals surface area (Å²) in [5.41, 5.74) is 6.62. The molecule has 2 aromatic rings. The molecule has 1 aromatic heterocycles. The van der Waals surface area contributed by atoms with Crippen LogP contribution in [0.4, 0.5) is 0 Å². The van der Waals surface area contributed by atoms with Crippen LogP contribution in [0.3, 0.4) is 0 Å². The Morgan fingerprint density at radius 2 is 1.96 bits per heavy atom. The van der Waals surface area contributed by atoms with E-state index in [1.165, 1.54) is 0 Å². The summed E-state index contributed by atoms with van der Waals surface area (Å²) in [4.78, 5) is 14.1. The van der Waals surface area contributed by atoms with Crippen molar-refractivity contribution < 1.29 is 9.53 Å². The molecule has 0 radical (unpaired) electrons. The van der Waals surface area contributed by atoms with Crippen LogP contribution < -0.4 is 5.73 Å². The van der Waals surface area contributed by atoms with E-state index in [0.717, 1.165) is 17.2 Å². The fourth-order valence-corrected chi connectivity index (χ4v) is 2.76. The molecule has 0 saturated carbocycles. The number of methoxy groups -OCH3 is 1. The normalized spacial score (nSPS) is 14.1. The second-order valence-corrected chi connectivity index (χ2v) is 5.57. The molecule has 1 aliphatic rings. The number of halogens is 2. The van der Waals surface area contributed by atoms with Gasteiger partial charge in [-0.25, -0.2) is 0 Å². The van der Waals surface area contributed by atoms with Crippen molar-refractivity contribution in [3.8, 4) is 11.4 Å². The predicted octanol–water partition coefficient (Wildman–Crippen LogP) is 1.49. The van der Waals surface area contributed by atoms with Crippen molar-refractivity contribution in [2.45, 2.75) is 25.6 Å². The lowest BCUT2D eigenvalue weighted by Crippen LogP contribution is -2.41. The first-order valence-electron chi connectivity index (χ1n) is 7.71. The number of fused-ring (bicyclic) bond motifs is 1. The molecule has 0 aliphatic carbocycles. The average Bonchev–Trinajstić information content (AvgIpc) is 3.03. The molecular weight excluding hydrogens is 365 g/mol. The topological polar surface area (TPSA) is 86.3 Å². The summed E-state index contributed by atoms with van der Waals surface area (Å²) in [6.45, 7) is 2.15. The van der Waals surface area contributed by atoms with Gasteiger partial charge in [0, 0.05) is 32.3 Å². The van der Waals surface area contributed by atoms with Gasteiger partial charge in [0.05, 0.1) is 19.1 Å². The zero-order chi connectivity index (χ0) is 16.2.